The van der Waals surface area contributed by atoms with Crippen LogP contribution < -0.4 is 10.2 Å². The molecule has 1 spiro atoms. The van der Waals surface area contributed by atoms with Crippen LogP contribution >= 0.6 is 0 Å². The van der Waals surface area contributed by atoms with Crippen molar-refractivity contribution < 1.29 is 19.3 Å². The van der Waals surface area contributed by atoms with Gasteiger partial charge in [-0.25, -0.2) is 0 Å². The van der Waals surface area contributed by atoms with E-state index in [1.165, 1.54) is 24.3 Å². The Morgan fingerprint density at radius 2 is 1.50 bits per heavy atom. The van der Waals surface area contributed by atoms with Crippen molar-refractivity contribution in [3.8, 4) is 0 Å². The molecule has 1 saturated heterocycles. The molecule has 0 radical (unpaired) electrons. The second-order valence-electron chi connectivity index (χ2n) is 11.0. The molecule has 3 heterocycles. The standard InChI is InChI=1S/C34H25N3O5/c1-20-10-12-22(13-11-20)31(38)29-30(32(39)23-14-17-24(18-15-23)37(41)42)36-27-9-5-2-6-21(27)16-19-28(36)34(29)25-7-3-4-8-26(25)35-33(34)40/h2-19,28-30H,1H3,(H,35,40)/t28-,29+,30-,34+/m1/s1. The molecule has 206 valence electrons. The third-order valence-electron chi connectivity index (χ3n) is 8.79. The lowest BCUT2D eigenvalue weighted by Crippen LogP contribution is -2.51. The predicted octanol–water partition coefficient (Wildman–Crippen LogP) is 5.76. The van der Waals surface area contributed by atoms with Crippen molar-refractivity contribution in [2.45, 2.75) is 24.4 Å². The maximum Gasteiger partial charge on any atom is 0.269 e. The summed E-state index contributed by atoms with van der Waals surface area (Å²) in [7, 11) is 0. The number of anilines is 2. The maximum absolute atomic E-state index is 14.7. The Balaban J connectivity index is 1.51. The van der Waals surface area contributed by atoms with Gasteiger partial charge in [0.1, 0.15) is 11.5 Å². The number of carbonyl (C=O) groups excluding carboxylic acids is 3. The summed E-state index contributed by atoms with van der Waals surface area (Å²) in [5.74, 6) is -2.15. The minimum absolute atomic E-state index is 0.144. The Labute approximate surface area is 241 Å². The van der Waals surface area contributed by atoms with Crippen LogP contribution in [0.4, 0.5) is 17.1 Å². The molecule has 7 rings (SSSR count). The molecule has 0 aliphatic carbocycles. The second kappa shape index (κ2) is 9.34. The van der Waals surface area contributed by atoms with Crippen molar-refractivity contribution in [1.82, 2.24) is 0 Å². The van der Waals surface area contributed by atoms with Gasteiger partial charge >= 0.3 is 0 Å². The van der Waals surface area contributed by atoms with Crippen LogP contribution in [0.1, 0.15) is 37.4 Å². The number of nitrogens with zero attached hydrogens (tertiary/aromatic N) is 2. The van der Waals surface area contributed by atoms with Gasteiger partial charge in [-0.2, -0.15) is 0 Å². The molecule has 3 aliphatic rings. The van der Waals surface area contributed by atoms with Gasteiger partial charge in [0.05, 0.1) is 16.9 Å². The highest BCUT2D eigenvalue weighted by Gasteiger charge is 2.70. The molecule has 8 heteroatoms. The average Bonchev–Trinajstić information content (AvgIpc) is 3.49. The van der Waals surface area contributed by atoms with Gasteiger partial charge in [-0.05, 0) is 42.3 Å². The number of hydrogen-bond acceptors (Lipinski definition) is 6. The fourth-order valence-electron chi connectivity index (χ4n) is 6.94. The number of nitro groups is 1. The van der Waals surface area contributed by atoms with E-state index in [1.54, 1.807) is 12.1 Å². The van der Waals surface area contributed by atoms with Gasteiger partial charge in [0.15, 0.2) is 11.6 Å². The number of hydrogen-bond donors (Lipinski definition) is 1. The molecule has 8 nitrogen and oxygen atoms in total. The summed E-state index contributed by atoms with van der Waals surface area (Å²) in [6, 6.07) is 25.8. The molecule has 3 aliphatic heterocycles. The van der Waals surface area contributed by atoms with Crippen molar-refractivity contribution >= 4 is 40.6 Å². The Morgan fingerprint density at radius 3 is 2.24 bits per heavy atom. The fraction of sp³-hybridized carbons (Fsp3) is 0.147. The summed E-state index contributed by atoms with van der Waals surface area (Å²) in [5, 5.41) is 14.3. The number of para-hydroxylation sites is 2. The highest BCUT2D eigenvalue weighted by atomic mass is 16.6. The lowest BCUT2D eigenvalue weighted by molar-refractivity contribution is -0.384. The average molecular weight is 556 g/mol. The summed E-state index contributed by atoms with van der Waals surface area (Å²) in [4.78, 5) is 56.4. The molecule has 1 N–H and O–H groups in total. The van der Waals surface area contributed by atoms with E-state index in [-0.39, 0.29) is 28.7 Å². The van der Waals surface area contributed by atoms with Crippen molar-refractivity contribution in [3.63, 3.8) is 0 Å². The Bertz CT molecular complexity index is 1830. The monoisotopic (exact) mass is 555 g/mol. The SMILES string of the molecule is Cc1ccc(C(=O)[C@@H]2[C@H](C(=O)c3ccc([N+](=O)[O-])cc3)N3c4ccccc4C=C[C@@H]3[C@]23C(=O)Nc2ccccc23)cc1. The maximum atomic E-state index is 14.7. The first-order chi connectivity index (χ1) is 20.3. The van der Waals surface area contributed by atoms with Crippen molar-refractivity contribution in [2.24, 2.45) is 5.92 Å². The van der Waals surface area contributed by atoms with E-state index < -0.39 is 28.3 Å². The van der Waals surface area contributed by atoms with E-state index in [4.69, 9.17) is 0 Å². The van der Waals surface area contributed by atoms with Crippen molar-refractivity contribution in [2.75, 3.05) is 10.2 Å². The number of rotatable bonds is 5. The lowest BCUT2D eigenvalue weighted by atomic mass is 9.64. The van der Waals surface area contributed by atoms with E-state index in [0.717, 1.165) is 16.8 Å². The molecular formula is C34H25N3O5. The largest absolute Gasteiger partial charge is 0.352 e. The summed E-state index contributed by atoms with van der Waals surface area (Å²) >= 11 is 0. The summed E-state index contributed by atoms with van der Waals surface area (Å²) in [6.07, 6.45) is 3.86. The normalized spacial score (nSPS) is 23.2. The van der Waals surface area contributed by atoms with Gasteiger partial charge in [-0.15, -0.1) is 0 Å². The molecule has 0 aromatic heterocycles. The van der Waals surface area contributed by atoms with Gasteiger partial charge in [0, 0.05) is 34.6 Å². The third kappa shape index (κ3) is 3.51. The number of Topliss-reactive ketones (excluding diaryl/α,β-unsaturated/α-hetero) is 2. The third-order valence-corrected chi connectivity index (χ3v) is 8.79. The van der Waals surface area contributed by atoms with Crippen LogP contribution in [0.3, 0.4) is 0 Å². The van der Waals surface area contributed by atoms with Crippen LogP contribution in [0.25, 0.3) is 6.08 Å². The molecule has 4 aromatic rings. The zero-order valence-corrected chi connectivity index (χ0v) is 22.6. The van der Waals surface area contributed by atoms with Gasteiger partial charge in [0.2, 0.25) is 5.91 Å². The smallest absolute Gasteiger partial charge is 0.269 e. The molecular weight excluding hydrogens is 530 g/mol. The van der Waals surface area contributed by atoms with Crippen LogP contribution in [0.15, 0.2) is 103 Å². The highest BCUT2D eigenvalue weighted by Crippen LogP contribution is 2.58. The Hall–Kier alpha value is -5.37. The van der Waals surface area contributed by atoms with Crippen LogP contribution in [0.2, 0.25) is 0 Å². The summed E-state index contributed by atoms with van der Waals surface area (Å²) in [5.41, 5.74) is 2.92. The minimum atomic E-state index is -1.41. The summed E-state index contributed by atoms with van der Waals surface area (Å²) in [6.45, 7) is 1.93. The number of amides is 1. The number of ketones is 2. The van der Waals surface area contributed by atoms with E-state index in [2.05, 4.69) is 5.32 Å². The van der Waals surface area contributed by atoms with Gasteiger partial charge in [0.25, 0.3) is 5.69 Å². The molecule has 4 aromatic carbocycles. The van der Waals surface area contributed by atoms with E-state index in [1.807, 2.05) is 84.6 Å². The van der Waals surface area contributed by atoms with Crippen LogP contribution in [-0.4, -0.2) is 34.5 Å². The molecule has 42 heavy (non-hydrogen) atoms. The fourth-order valence-corrected chi connectivity index (χ4v) is 6.94. The highest BCUT2D eigenvalue weighted by molar-refractivity contribution is 6.18. The molecule has 0 saturated carbocycles. The number of benzene rings is 4. The Morgan fingerprint density at radius 1 is 0.857 bits per heavy atom. The van der Waals surface area contributed by atoms with Gasteiger partial charge in [-0.3, -0.25) is 24.5 Å². The Kier molecular flexibility index (Phi) is 5.69. The zero-order valence-electron chi connectivity index (χ0n) is 22.6. The number of fused-ring (bicyclic) bond motifs is 6. The molecule has 1 fully saturated rings. The van der Waals surface area contributed by atoms with Crippen LogP contribution in [-0.2, 0) is 10.2 Å². The molecule has 4 atom stereocenters. The topological polar surface area (TPSA) is 110 Å². The van der Waals surface area contributed by atoms with Gasteiger partial charge in [-0.1, -0.05) is 78.4 Å². The van der Waals surface area contributed by atoms with Crippen LogP contribution in [0, 0.1) is 23.0 Å². The van der Waals surface area contributed by atoms with E-state index >= 15 is 0 Å². The van der Waals surface area contributed by atoms with Crippen LogP contribution in [0.5, 0.6) is 0 Å². The quantitative estimate of drug-likeness (QED) is 0.191. The number of aryl methyl sites for hydroxylation is 1. The van der Waals surface area contributed by atoms with Gasteiger partial charge < -0.3 is 10.2 Å². The first-order valence-corrected chi connectivity index (χ1v) is 13.7. The molecule has 1 amide bonds. The number of nitrogens with one attached hydrogen (secondary N) is 1. The van der Waals surface area contributed by atoms with Crippen molar-refractivity contribution in [3.05, 3.63) is 141 Å². The number of carbonyl (C=O) groups is 3. The minimum Gasteiger partial charge on any atom is -0.352 e. The first-order valence-electron chi connectivity index (χ1n) is 13.7. The number of non-ortho nitro benzene ring substituents is 1. The number of nitro benzene ring substituents is 1. The molecule has 0 unspecified atom stereocenters. The van der Waals surface area contributed by atoms with E-state index in [0.29, 0.717) is 16.8 Å². The van der Waals surface area contributed by atoms with E-state index in [9.17, 15) is 24.5 Å². The summed E-state index contributed by atoms with van der Waals surface area (Å²) < 4.78 is 0. The first kappa shape index (κ1) is 25.6. The molecule has 0 bridgehead atoms. The second-order valence-corrected chi connectivity index (χ2v) is 11.0. The predicted molar refractivity (Wildman–Crippen MR) is 159 cm³/mol. The van der Waals surface area contributed by atoms with Crippen molar-refractivity contribution in [1.29, 1.82) is 0 Å². The zero-order chi connectivity index (χ0) is 29.2. The lowest BCUT2D eigenvalue weighted by Gasteiger charge is -2.37.